The van der Waals surface area contributed by atoms with Crippen molar-refractivity contribution in [2.24, 2.45) is 0 Å². The summed E-state index contributed by atoms with van der Waals surface area (Å²) in [6, 6.07) is 12.9. The fourth-order valence-corrected chi connectivity index (χ4v) is 4.65. The minimum Gasteiger partial charge on any atom is -0.497 e. The molecule has 2 aromatic carbocycles. The molecule has 0 bridgehead atoms. The average molecular weight is 458 g/mol. The van der Waals surface area contributed by atoms with E-state index in [9.17, 15) is 4.79 Å². The van der Waals surface area contributed by atoms with E-state index in [2.05, 4.69) is 10.3 Å². The van der Waals surface area contributed by atoms with E-state index < -0.39 is 0 Å². The van der Waals surface area contributed by atoms with Gasteiger partial charge in [-0.25, -0.2) is 4.98 Å². The number of benzene rings is 2. The minimum absolute atomic E-state index is 0.0321. The van der Waals surface area contributed by atoms with Crippen molar-refractivity contribution in [3.63, 3.8) is 0 Å². The summed E-state index contributed by atoms with van der Waals surface area (Å²) in [6.45, 7) is 3.76. The van der Waals surface area contributed by atoms with Gasteiger partial charge in [-0.2, -0.15) is 0 Å². The van der Waals surface area contributed by atoms with Crippen LogP contribution in [0, 0.1) is 0 Å². The van der Waals surface area contributed by atoms with Crippen LogP contribution in [0.2, 0.25) is 5.02 Å². The molecule has 6 nitrogen and oxygen atoms in total. The van der Waals surface area contributed by atoms with Crippen molar-refractivity contribution in [2.45, 2.75) is 6.54 Å². The molecule has 0 saturated carbocycles. The number of halogens is 1. The molecule has 0 N–H and O–H groups in total. The number of nitrogens with zero attached hydrogens (tertiary/aromatic N) is 3. The maximum Gasteiger partial charge on any atom is 0.253 e. The molecular formula is C23H24ClN3O3S. The lowest BCUT2D eigenvalue weighted by molar-refractivity contribution is 0.0627. The summed E-state index contributed by atoms with van der Waals surface area (Å²) in [7, 11) is 3.29. The molecule has 0 aliphatic carbocycles. The highest BCUT2D eigenvalue weighted by atomic mass is 35.5. The van der Waals surface area contributed by atoms with Gasteiger partial charge in [0.1, 0.15) is 16.5 Å². The summed E-state index contributed by atoms with van der Waals surface area (Å²) < 4.78 is 10.8. The first-order valence-corrected chi connectivity index (χ1v) is 11.3. The molecule has 1 aromatic heterocycles. The number of carbonyl (C=O) groups is 1. The van der Waals surface area contributed by atoms with Gasteiger partial charge >= 0.3 is 0 Å². The first-order valence-electron chi connectivity index (χ1n) is 10.0. The van der Waals surface area contributed by atoms with Gasteiger partial charge in [0.05, 0.1) is 25.5 Å². The summed E-state index contributed by atoms with van der Waals surface area (Å²) in [6.07, 6.45) is 0. The number of amides is 1. The number of piperazine rings is 1. The monoisotopic (exact) mass is 457 g/mol. The van der Waals surface area contributed by atoms with Gasteiger partial charge < -0.3 is 14.4 Å². The number of methoxy groups -OCH3 is 2. The van der Waals surface area contributed by atoms with E-state index in [0.29, 0.717) is 23.7 Å². The second kappa shape index (κ2) is 9.68. The van der Waals surface area contributed by atoms with Crippen molar-refractivity contribution < 1.29 is 14.3 Å². The molecule has 1 saturated heterocycles. The molecule has 0 radical (unpaired) electrons. The molecule has 162 valence electrons. The van der Waals surface area contributed by atoms with E-state index in [1.807, 2.05) is 35.2 Å². The Morgan fingerprint density at radius 1 is 1.10 bits per heavy atom. The average Bonchev–Trinajstić information content (AvgIpc) is 3.26. The molecular weight excluding hydrogens is 434 g/mol. The van der Waals surface area contributed by atoms with Crippen molar-refractivity contribution in [1.29, 1.82) is 0 Å². The maximum atomic E-state index is 12.7. The lowest BCUT2D eigenvalue weighted by Gasteiger charge is -2.34. The van der Waals surface area contributed by atoms with Crippen LogP contribution in [-0.2, 0) is 6.54 Å². The van der Waals surface area contributed by atoms with Crippen LogP contribution in [0.1, 0.15) is 16.1 Å². The fraction of sp³-hybridized carbons (Fsp3) is 0.304. The number of aromatic nitrogens is 1. The standard InChI is InChI=1S/C23H24ClN3O3S/c1-29-19-6-7-20(21(13-19)30-2)22-25-18(15-31-22)14-26-8-10-27(11-9-26)23(28)16-4-3-5-17(24)12-16/h3-7,12-13,15H,8-11,14H2,1-2H3. The van der Waals surface area contributed by atoms with E-state index >= 15 is 0 Å². The van der Waals surface area contributed by atoms with Gasteiger partial charge in [0.25, 0.3) is 5.91 Å². The molecule has 0 unspecified atom stereocenters. The third-order valence-electron chi connectivity index (χ3n) is 5.31. The van der Waals surface area contributed by atoms with Crippen LogP contribution < -0.4 is 9.47 Å². The summed E-state index contributed by atoms with van der Waals surface area (Å²) in [4.78, 5) is 21.7. The number of rotatable bonds is 6. The third kappa shape index (κ3) is 5.01. The van der Waals surface area contributed by atoms with Crippen LogP contribution >= 0.6 is 22.9 Å². The van der Waals surface area contributed by atoms with Crippen molar-refractivity contribution >= 4 is 28.8 Å². The van der Waals surface area contributed by atoms with Gasteiger partial charge in [-0.1, -0.05) is 17.7 Å². The highest BCUT2D eigenvalue weighted by Gasteiger charge is 2.23. The Morgan fingerprint density at radius 2 is 1.90 bits per heavy atom. The number of hydrogen-bond donors (Lipinski definition) is 0. The Kier molecular flexibility index (Phi) is 6.75. The van der Waals surface area contributed by atoms with E-state index in [4.69, 9.17) is 26.1 Å². The molecule has 31 heavy (non-hydrogen) atoms. The van der Waals surface area contributed by atoms with Gasteiger partial charge in [-0.3, -0.25) is 9.69 Å². The Balaban J connectivity index is 1.37. The molecule has 1 amide bonds. The lowest BCUT2D eigenvalue weighted by atomic mass is 10.2. The van der Waals surface area contributed by atoms with Gasteiger partial charge in [0.2, 0.25) is 0 Å². The smallest absolute Gasteiger partial charge is 0.253 e. The third-order valence-corrected chi connectivity index (χ3v) is 6.47. The normalized spacial score (nSPS) is 14.5. The molecule has 1 fully saturated rings. The van der Waals surface area contributed by atoms with Crippen molar-refractivity contribution in [3.05, 3.63) is 64.1 Å². The number of ether oxygens (including phenoxy) is 2. The lowest BCUT2D eigenvalue weighted by Crippen LogP contribution is -2.48. The zero-order valence-corrected chi connectivity index (χ0v) is 19.1. The van der Waals surface area contributed by atoms with E-state index in [1.54, 1.807) is 37.7 Å². The molecule has 8 heteroatoms. The molecule has 1 aliphatic heterocycles. The Labute approximate surface area is 191 Å². The minimum atomic E-state index is 0.0321. The van der Waals surface area contributed by atoms with Crippen molar-refractivity contribution in [2.75, 3.05) is 40.4 Å². The summed E-state index contributed by atoms with van der Waals surface area (Å²) in [5, 5.41) is 3.59. The highest BCUT2D eigenvalue weighted by molar-refractivity contribution is 7.13. The second-order valence-corrected chi connectivity index (χ2v) is 8.58. The van der Waals surface area contributed by atoms with E-state index in [-0.39, 0.29) is 5.91 Å². The summed E-state index contributed by atoms with van der Waals surface area (Å²) >= 11 is 7.63. The van der Waals surface area contributed by atoms with Gasteiger partial charge in [0.15, 0.2) is 0 Å². The molecule has 2 heterocycles. The first-order chi connectivity index (χ1) is 15.1. The van der Waals surface area contributed by atoms with Gasteiger partial charge in [-0.05, 0) is 30.3 Å². The fourth-order valence-electron chi connectivity index (χ4n) is 3.62. The largest absolute Gasteiger partial charge is 0.497 e. The molecule has 0 atom stereocenters. The van der Waals surface area contributed by atoms with Crippen molar-refractivity contribution in [1.82, 2.24) is 14.8 Å². The van der Waals surface area contributed by atoms with Gasteiger partial charge in [-0.15, -0.1) is 11.3 Å². The number of thiazole rings is 1. The molecule has 3 aromatic rings. The summed E-state index contributed by atoms with van der Waals surface area (Å²) in [5.74, 6) is 1.53. The molecule has 0 spiro atoms. The Morgan fingerprint density at radius 3 is 2.61 bits per heavy atom. The van der Waals surface area contributed by atoms with Crippen LogP contribution in [0.5, 0.6) is 11.5 Å². The van der Waals surface area contributed by atoms with Crippen molar-refractivity contribution in [3.8, 4) is 22.1 Å². The Bertz CT molecular complexity index is 1060. The Hall–Kier alpha value is -2.61. The van der Waals surface area contributed by atoms with Crippen LogP contribution in [0.25, 0.3) is 10.6 Å². The highest BCUT2D eigenvalue weighted by Crippen LogP contribution is 2.35. The zero-order valence-electron chi connectivity index (χ0n) is 17.5. The van der Waals surface area contributed by atoms with E-state index in [0.717, 1.165) is 47.4 Å². The summed E-state index contributed by atoms with van der Waals surface area (Å²) in [5.41, 5.74) is 2.61. The predicted molar refractivity (Wildman–Crippen MR) is 123 cm³/mol. The van der Waals surface area contributed by atoms with Crippen LogP contribution in [-0.4, -0.2) is 61.1 Å². The van der Waals surface area contributed by atoms with Crippen LogP contribution in [0.15, 0.2) is 47.8 Å². The number of hydrogen-bond acceptors (Lipinski definition) is 6. The predicted octanol–water partition coefficient (Wildman–Crippen LogP) is 4.44. The molecule has 4 rings (SSSR count). The van der Waals surface area contributed by atoms with Crippen LogP contribution in [0.4, 0.5) is 0 Å². The quantitative estimate of drug-likeness (QED) is 0.547. The topological polar surface area (TPSA) is 54.9 Å². The zero-order chi connectivity index (χ0) is 21.8. The van der Waals surface area contributed by atoms with E-state index in [1.165, 1.54) is 0 Å². The maximum absolute atomic E-state index is 12.7. The number of carbonyl (C=O) groups excluding carboxylic acids is 1. The molecule has 1 aliphatic rings. The van der Waals surface area contributed by atoms with Crippen LogP contribution in [0.3, 0.4) is 0 Å². The second-order valence-electron chi connectivity index (χ2n) is 7.29. The van der Waals surface area contributed by atoms with Gasteiger partial charge in [0, 0.05) is 54.8 Å². The SMILES string of the molecule is COc1ccc(-c2nc(CN3CCN(C(=O)c4cccc(Cl)c4)CC3)cs2)c(OC)c1. The first kappa shape index (κ1) is 21.6.